The number of epoxide rings is 2. The molecule has 0 aromatic heterocycles. The monoisotopic (exact) mass is 258 g/mol. The molecule has 2 saturated carbocycles. The normalized spacial score (nSPS) is 55.5. The zero-order valence-corrected chi connectivity index (χ0v) is 10.5. The predicted molar refractivity (Wildman–Crippen MR) is 58.2 cm³/mol. The lowest BCUT2D eigenvalue weighted by atomic mass is 10.3. The molecule has 102 valence electrons. The third-order valence-electron chi connectivity index (χ3n) is 4.56. The first-order valence-corrected chi connectivity index (χ1v) is 6.38. The molecule has 0 aromatic carbocycles. The molecule has 5 atom stereocenters. The van der Waals surface area contributed by atoms with Gasteiger partial charge in [0.25, 0.3) is 0 Å². The lowest BCUT2D eigenvalue weighted by Gasteiger charge is -2.25. The summed E-state index contributed by atoms with van der Waals surface area (Å²) < 4.78 is 27.2. The highest BCUT2D eigenvalue weighted by Gasteiger charge is 2.82. The number of aliphatic hydroxyl groups is 1. The fourth-order valence-electron chi connectivity index (χ4n) is 2.61. The largest absolute Gasteiger partial charge is 0.393 e. The Morgan fingerprint density at radius 1 is 1.11 bits per heavy atom. The standard InChI is InChI=1S/C12H18O6/c1-11(7-8(11)17-7)15-3-6(14-2)4-16-12(5-13)9-10(12)18-9/h6-10,13H,3-5H2,1-2H3. The second-order valence-electron chi connectivity index (χ2n) is 5.73. The Kier molecular flexibility index (Phi) is 2.22. The van der Waals surface area contributed by atoms with E-state index < -0.39 is 5.60 Å². The summed E-state index contributed by atoms with van der Waals surface area (Å²) in [6.07, 6.45) is 0.671. The van der Waals surface area contributed by atoms with Crippen molar-refractivity contribution in [3.8, 4) is 0 Å². The van der Waals surface area contributed by atoms with Crippen molar-refractivity contribution < 1.29 is 28.8 Å². The summed E-state index contributed by atoms with van der Waals surface area (Å²) in [6.45, 7) is 2.97. The highest BCUT2D eigenvalue weighted by atomic mass is 16.7. The van der Waals surface area contributed by atoms with Crippen molar-refractivity contribution >= 4 is 0 Å². The Labute approximate surface area is 105 Å². The quantitative estimate of drug-likeness (QED) is 0.568. The van der Waals surface area contributed by atoms with Crippen LogP contribution in [0.2, 0.25) is 0 Å². The second-order valence-corrected chi connectivity index (χ2v) is 5.73. The van der Waals surface area contributed by atoms with Gasteiger partial charge in [0.15, 0.2) is 0 Å². The second kappa shape index (κ2) is 3.45. The molecule has 4 rings (SSSR count). The molecule has 0 amide bonds. The first-order chi connectivity index (χ1) is 8.65. The van der Waals surface area contributed by atoms with Gasteiger partial charge in [-0.15, -0.1) is 0 Å². The van der Waals surface area contributed by atoms with Gasteiger partial charge in [0, 0.05) is 7.11 Å². The third kappa shape index (κ3) is 1.44. The number of ether oxygens (including phenoxy) is 5. The van der Waals surface area contributed by atoms with Crippen LogP contribution >= 0.6 is 0 Å². The van der Waals surface area contributed by atoms with Gasteiger partial charge >= 0.3 is 0 Å². The van der Waals surface area contributed by atoms with Gasteiger partial charge in [-0.3, -0.25) is 0 Å². The van der Waals surface area contributed by atoms with Crippen molar-refractivity contribution in [3.63, 3.8) is 0 Å². The number of methoxy groups -OCH3 is 1. The Hall–Kier alpha value is -0.240. The molecule has 6 heteroatoms. The van der Waals surface area contributed by atoms with Crippen LogP contribution in [0.25, 0.3) is 0 Å². The minimum atomic E-state index is -0.453. The van der Waals surface area contributed by atoms with Gasteiger partial charge < -0.3 is 28.8 Å². The Bertz CT molecular complexity index is 356. The van der Waals surface area contributed by atoms with Gasteiger partial charge in [0.2, 0.25) is 0 Å². The van der Waals surface area contributed by atoms with Gasteiger partial charge in [-0.2, -0.15) is 0 Å². The topological polar surface area (TPSA) is 73.0 Å². The zero-order valence-electron chi connectivity index (χ0n) is 10.5. The Morgan fingerprint density at radius 2 is 1.72 bits per heavy atom. The minimum absolute atomic E-state index is 0.00925. The molecule has 0 bridgehead atoms. The van der Waals surface area contributed by atoms with E-state index in [1.54, 1.807) is 7.11 Å². The first kappa shape index (κ1) is 11.6. The van der Waals surface area contributed by atoms with Crippen LogP contribution < -0.4 is 0 Å². The number of aliphatic hydroxyl groups excluding tert-OH is 1. The molecule has 2 heterocycles. The summed E-state index contributed by atoms with van der Waals surface area (Å²) in [5.74, 6) is 0. The number of hydrogen-bond acceptors (Lipinski definition) is 6. The Morgan fingerprint density at radius 3 is 2.11 bits per heavy atom. The zero-order chi connectivity index (χ0) is 12.5. The summed E-state index contributed by atoms with van der Waals surface area (Å²) in [6, 6.07) is 0. The lowest BCUT2D eigenvalue weighted by Crippen LogP contribution is -2.38. The predicted octanol–water partition coefficient (Wildman–Crippen LogP) is -0.914. The van der Waals surface area contributed by atoms with Crippen LogP contribution in [0.1, 0.15) is 6.92 Å². The van der Waals surface area contributed by atoms with Gasteiger partial charge in [0.1, 0.15) is 41.7 Å². The molecule has 5 unspecified atom stereocenters. The van der Waals surface area contributed by atoms with E-state index in [4.69, 9.17) is 23.7 Å². The number of hydrogen-bond donors (Lipinski definition) is 1. The van der Waals surface area contributed by atoms with Crippen LogP contribution in [0.15, 0.2) is 0 Å². The SMILES string of the molecule is COC(COC1(C)C2OC21)COC1(CO)C2OC21. The summed E-state index contributed by atoms with van der Waals surface area (Å²) in [4.78, 5) is 0. The van der Waals surface area contributed by atoms with Gasteiger partial charge in [0.05, 0.1) is 19.8 Å². The van der Waals surface area contributed by atoms with E-state index in [-0.39, 0.29) is 30.5 Å². The molecule has 0 spiro atoms. The average Bonchev–Trinajstić information content (AvgIpc) is 3.23. The smallest absolute Gasteiger partial charge is 0.149 e. The van der Waals surface area contributed by atoms with E-state index in [0.717, 1.165) is 0 Å². The molecular formula is C12H18O6. The number of rotatable bonds is 8. The van der Waals surface area contributed by atoms with Gasteiger partial charge in [-0.1, -0.05) is 0 Å². The van der Waals surface area contributed by atoms with Crippen molar-refractivity contribution in [2.45, 2.75) is 48.6 Å². The molecule has 2 saturated heterocycles. The maximum absolute atomic E-state index is 9.26. The van der Waals surface area contributed by atoms with E-state index in [1.807, 2.05) is 0 Å². The summed E-state index contributed by atoms with van der Waals surface area (Å²) in [5, 5.41) is 9.26. The molecule has 18 heavy (non-hydrogen) atoms. The average molecular weight is 258 g/mol. The highest BCUT2D eigenvalue weighted by molar-refractivity contribution is 5.29. The van der Waals surface area contributed by atoms with E-state index in [9.17, 15) is 5.11 Å². The van der Waals surface area contributed by atoms with Crippen LogP contribution in [0.3, 0.4) is 0 Å². The van der Waals surface area contributed by atoms with E-state index >= 15 is 0 Å². The summed E-state index contributed by atoms with van der Waals surface area (Å²) in [5.41, 5.74) is -0.554. The Balaban J connectivity index is 1.22. The van der Waals surface area contributed by atoms with Crippen LogP contribution in [-0.4, -0.2) is 73.8 Å². The summed E-state index contributed by atoms with van der Waals surface area (Å²) in [7, 11) is 1.64. The van der Waals surface area contributed by atoms with Crippen molar-refractivity contribution in [1.29, 1.82) is 0 Å². The molecule has 2 aliphatic heterocycles. The molecule has 4 aliphatic rings. The molecule has 0 aromatic rings. The fourth-order valence-corrected chi connectivity index (χ4v) is 2.61. The molecule has 1 N–H and O–H groups in total. The maximum Gasteiger partial charge on any atom is 0.149 e. The van der Waals surface area contributed by atoms with Crippen LogP contribution in [0.5, 0.6) is 0 Å². The summed E-state index contributed by atoms with van der Waals surface area (Å²) >= 11 is 0. The maximum atomic E-state index is 9.26. The van der Waals surface area contributed by atoms with E-state index in [0.29, 0.717) is 25.4 Å². The van der Waals surface area contributed by atoms with Crippen molar-refractivity contribution in [3.05, 3.63) is 0 Å². The molecular weight excluding hydrogens is 240 g/mol. The molecule has 6 nitrogen and oxygen atoms in total. The van der Waals surface area contributed by atoms with Crippen molar-refractivity contribution in [1.82, 2.24) is 0 Å². The fraction of sp³-hybridized carbons (Fsp3) is 1.00. The highest BCUT2D eigenvalue weighted by Crippen LogP contribution is 2.60. The van der Waals surface area contributed by atoms with Crippen LogP contribution in [0.4, 0.5) is 0 Å². The van der Waals surface area contributed by atoms with Crippen molar-refractivity contribution in [2.75, 3.05) is 26.9 Å². The van der Waals surface area contributed by atoms with Crippen LogP contribution in [-0.2, 0) is 23.7 Å². The van der Waals surface area contributed by atoms with E-state index in [2.05, 4.69) is 6.92 Å². The third-order valence-corrected chi connectivity index (χ3v) is 4.56. The van der Waals surface area contributed by atoms with Gasteiger partial charge in [-0.05, 0) is 6.92 Å². The first-order valence-electron chi connectivity index (χ1n) is 6.38. The lowest BCUT2D eigenvalue weighted by molar-refractivity contribution is -0.144. The van der Waals surface area contributed by atoms with Crippen molar-refractivity contribution in [2.24, 2.45) is 0 Å². The van der Waals surface area contributed by atoms with E-state index in [1.165, 1.54) is 0 Å². The molecule has 4 fully saturated rings. The molecule has 0 radical (unpaired) electrons. The minimum Gasteiger partial charge on any atom is -0.393 e. The van der Waals surface area contributed by atoms with Gasteiger partial charge in [-0.25, -0.2) is 0 Å². The molecule has 2 aliphatic carbocycles. The number of fused-ring (bicyclic) bond motifs is 2. The van der Waals surface area contributed by atoms with Crippen LogP contribution in [0, 0.1) is 0 Å².